The number of hydrogen-bond acceptors (Lipinski definition) is 3. The van der Waals surface area contributed by atoms with Gasteiger partial charge in [0.15, 0.2) is 5.96 Å². The summed E-state index contributed by atoms with van der Waals surface area (Å²) in [5.74, 6) is 0.777. The van der Waals surface area contributed by atoms with E-state index in [0.29, 0.717) is 13.1 Å². The van der Waals surface area contributed by atoms with Crippen molar-refractivity contribution in [3.05, 3.63) is 89.7 Å². The van der Waals surface area contributed by atoms with E-state index in [-0.39, 0.29) is 6.10 Å². The summed E-state index contributed by atoms with van der Waals surface area (Å²) in [5, 5.41) is 11.0. The lowest BCUT2D eigenvalue weighted by molar-refractivity contribution is 0.106. The number of rotatable bonds is 9. The summed E-state index contributed by atoms with van der Waals surface area (Å²) in [6.07, 6.45) is 3.74. The molecule has 152 valence electrons. The second-order valence-corrected chi connectivity index (χ2v) is 6.68. The number of nitrogens with one attached hydrogen (secondary N) is 2. The number of benzene rings is 2. The van der Waals surface area contributed by atoms with Gasteiger partial charge in [0.25, 0.3) is 0 Å². The fourth-order valence-electron chi connectivity index (χ4n) is 3.13. The van der Waals surface area contributed by atoms with Crippen molar-refractivity contribution in [2.24, 2.45) is 4.99 Å². The van der Waals surface area contributed by atoms with Gasteiger partial charge in [0, 0.05) is 32.6 Å². The molecule has 1 unspecified atom stereocenters. The van der Waals surface area contributed by atoms with E-state index in [1.165, 1.54) is 11.1 Å². The van der Waals surface area contributed by atoms with Gasteiger partial charge in [-0.2, -0.15) is 5.10 Å². The van der Waals surface area contributed by atoms with Crippen molar-refractivity contribution < 1.29 is 4.74 Å². The van der Waals surface area contributed by atoms with Crippen molar-refractivity contribution in [2.45, 2.75) is 26.1 Å². The van der Waals surface area contributed by atoms with Gasteiger partial charge in [0.2, 0.25) is 0 Å². The van der Waals surface area contributed by atoms with Gasteiger partial charge in [-0.25, -0.2) is 4.99 Å². The van der Waals surface area contributed by atoms with Crippen LogP contribution in [0.25, 0.3) is 0 Å². The molecule has 2 N–H and O–H groups in total. The second kappa shape index (κ2) is 11.0. The minimum atomic E-state index is -0.0350. The molecule has 1 aromatic heterocycles. The molecule has 0 spiro atoms. The fourth-order valence-corrected chi connectivity index (χ4v) is 3.13. The molecule has 1 heterocycles. The summed E-state index contributed by atoms with van der Waals surface area (Å²) in [4.78, 5) is 4.78. The van der Waals surface area contributed by atoms with E-state index in [1.54, 1.807) is 13.3 Å². The Bertz CT molecular complexity index is 877. The summed E-state index contributed by atoms with van der Waals surface area (Å²) in [6, 6.07) is 20.5. The Labute approximate surface area is 172 Å². The summed E-state index contributed by atoms with van der Waals surface area (Å²) >= 11 is 0. The molecule has 2 aromatic carbocycles. The number of hydrogen-bond donors (Lipinski definition) is 2. The van der Waals surface area contributed by atoms with E-state index in [2.05, 4.69) is 53.0 Å². The predicted octanol–water partition coefficient (Wildman–Crippen LogP) is 3.37. The molecule has 6 nitrogen and oxygen atoms in total. The Balaban J connectivity index is 1.66. The van der Waals surface area contributed by atoms with Crippen molar-refractivity contribution in [2.75, 3.05) is 20.2 Å². The maximum Gasteiger partial charge on any atom is 0.191 e. The van der Waals surface area contributed by atoms with Gasteiger partial charge in [0.1, 0.15) is 0 Å². The van der Waals surface area contributed by atoms with E-state index in [0.717, 1.165) is 24.6 Å². The predicted molar refractivity (Wildman–Crippen MR) is 117 cm³/mol. The Kier molecular flexibility index (Phi) is 7.83. The summed E-state index contributed by atoms with van der Waals surface area (Å²) in [5.41, 5.74) is 3.55. The van der Waals surface area contributed by atoms with Crippen molar-refractivity contribution in [3.63, 3.8) is 0 Å². The van der Waals surface area contributed by atoms with Crippen molar-refractivity contribution in [1.82, 2.24) is 20.4 Å². The molecule has 0 amide bonds. The van der Waals surface area contributed by atoms with E-state index in [1.807, 2.05) is 41.2 Å². The zero-order valence-corrected chi connectivity index (χ0v) is 17.1. The third kappa shape index (κ3) is 6.19. The molecule has 6 heteroatoms. The van der Waals surface area contributed by atoms with Gasteiger partial charge < -0.3 is 15.4 Å². The Morgan fingerprint density at radius 2 is 1.79 bits per heavy atom. The maximum absolute atomic E-state index is 5.65. The molecule has 29 heavy (non-hydrogen) atoms. The van der Waals surface area contributed by atoms with Crippen LogP contribution in [0.2, 0.25) is 0 Å². The summed E-state index contributed by atoms with van der Waals surface area (Å²) < 4.78 is 7.58. The highest BCUT2D eigenvalue weighted by Crippen LogP contribution is 2.15. The van der Waals surface area contributed by atoms with Gasteiger partial charge in [-0.3, -0.25) is 4.68 Å². The molecule has 0 aliphatic rings. The zero-order valence-electron chi connectivity index (χ0n) is 17.1. The molecule has 0 radical (unpaired) electrons. The number of aromatic nitrogens is 2. The first-order valence-corrected chi connectivity index (χ1v) is 9.94. The van der Waals surface area contributed by atoms with Crippen LogP contribution in [0, 0.1) is 0 Å². The van der Waals surface area contributed by atoms with Crippen LogP contribution < -0.4 is 10.6 Å². The Morgan fingerprint density at radius 3 is 2.48 bits per heavy atom. The highest BCUT2D eigenvalue weighted by Gasteiger charge is 2.11. The number of nitrogens with zero attached hydrogens (tertiary/aromatic N) is 3. The summed E-state index contributed by atoms with van der Waals surface area (Å²) in [6.45, 7) is 4.83. The van der Waals surface area contributed by atoms with Crippen LogP contribution >= 0.6 is 0 Å². The molecule has 0 fully saturated rings. The van der Waals surface area contributed by atoms with Crippen LogP contribution in [0.3, 0.4) is 0 Å². The Morgan fingerprint density at radius 1 is 1.03 bits per heavy atom. The summed E-state index contributed by atoms with van der Waals surface area (Å²) in [7, 11) is 1.73. The van der Waals surface area contributed by atoms with Gasteiger partial charge in [-0.1, -0.05) is 54.6 Å². The third-order valence-corrected chi connectivity index (χ3v) is 4.67. The third-order valence-electron chi connectivity index (χ3n) is 4.67. The van der Waals surface area contributed by atoms with Crippen molar-refractivity contribution in [3.8, 4) is 0 Å². The average molecular weight is 392 g/mol. The number of ether oxygens (including phenoxy) is 1. The molecular weight excluding hydrogens is 362 g/mol. The lowest BCUT2D eigenvalue weighted by Crippen LogP contribution is -2.39. The minimum Gasteiger partial charge on any atom is -0.375 e. The number of aliphatic imine (C=N–C) groups is 1. The van der Waals surface area contributed by atoms with Crippen LogP contribution in [-0.2, 0) is 17.8 Å². The molecule has 1 atom stereocenters. The maximum atomic E-state index is 5.65. The fraction of sp³-hybridized carbons (Fsp3) is 0.304. The molecule has 0 aliphatic heterocycles. The smallest absolute Gasteiger partial charge is 0.191 e. The molecule has 3 rings (SSSR count). The number of methoxy groups -OCH3 is 1. The molecule has 0 saturated heterocycles. The Hall–Kier alpha value is -3.12. The van der Waals surface area contributed by atoms with Gasteiger partial charge in [-0.15, -0.1) is 0 Å². The first-order valence-electron chi connectivity index (χ1n) is 9.94. The monoisotopic (exact) mass is 391 g/mol. The van der Waals surface area contributed by atoms with Gasteiger partial charge >= 0.3 is 0 Å². The molecule has 0 saturated carbocycles. The van der Waals surface area contributed by atoms with Crippen molar-refractivity contribution >= 4 is 5.96 Å². The molecule has 0 bridgehead atoms. The van der Waals surface area contributed by atoms with E-state index in [4.69, 9.17) is 9.73 Å². The lowest BCUT2D eigenvalue weighted by atomic mass is 10.1. The molecular formula is C23H29N5O. The normalized spacial score (nSPS) is 12.6. The topological polar surface area (TPSA) is 63.5 Å². The van der Waals surface area contributed by atoms with Gasteiger partial charge in [-0.05, 0) is 29.7 Å². The van der Waals surface area contributed by atoms with E-state index in [9.17, 15) is 0 Å². The zero-order chi connectivity index (χ0) is 20.3. The van der Waals surface area contributed by atoms with Crippen LogP contribution in [0.5, 0.6) is 0 Å². The number of guanidine groups is 1. The van der Waals surface area contributed by atoms with E-state index < -0.39 is 0 Å². The van der Waals surface area contributed by atoms with Crippen LogP contribution in [0.15, 0.2) is 78.0 Å². The molecule has 3 aromatic rings. The highest BCUT2D eigenvalue weighted by atomic mass is 16.5. The first kappa shape index (κ1) is 20.6. The SMILES string of the molecule is CCNC(=NCc1ccccc1Cn1cccn1)NCC(OC)c1ccccc1. The van der Waals surface area contributed by atoms with Crippen LogP contribution in [0.4, 0.5) is 0 Å². The molecule has 0 aliphatic carbocycles. The standard InChI is InChI=1S/C23H29N5O/c1-3-24-23(26-17-22(29-2)19-10-5-4-6-11-19)25-16-20-12-7-8-13-21(20)18-28-15-9-14-27-28/h4-15,22H,3,16-18H2,1-2H3,(H2,24,25,26). The van der Waals surface area contributed by atoms with Crippen LogP contribution in [0.1, 0.15) is 29.7 Å². The lowest BCUT2D eigenvalue weighted by Gasteiger charge is -2.19. The van der Waals surface area contributed by atoms with Crippen molar-refractivity contribution in [1.29, 1.82) is 0 Å². The highest BCUT2D eigenvalue weighted by molar-refractivity contribution is 5.79. The first-order chi connectivity index (χ1) is 14.3. The van der Waals surface area contributed by atoms with E-state index >= 15 is 0 Å². The quantitative estimate of drug-likeness (QED) is 0.434. The van der Waals surface area contributed by atoms with Gasteiger partial charge in [0.05, 0.1) is 19.2 Å². The average Bonchev–Trinajstić information content (AvgIpc) is 3.27. The minimum absolute atomic E-state index is 0.0350. The van der Waals surface area contributed by atoms with Crippen LogP contribution in [-0.4, -0.2) is 35.9 Å². The largest absolute Gasteiger partial charge is 0.375 e. The second-order valence-electron chi connectivity index (χ2n) is 6.68.